The molecule has 0 aromatic carbocycles. The van der Waals surface area contributed by atoms with Crippen molar-refractivity contribution in [3.05, 3.63) is 16.4 Å². The van der Waals surface area contributed by atoms with E-state index in [4.69, 9.17) is 5.11 Å². The van der Waals surface area contributed by atoms with Crippen LogP contribution in [0.15, 0.2) is 0 Å². The molecule has 0 saturated heterocycles. The summed E-state index contributed by atoms with van der Waals surface area (Å²) in [5, 5.41) is 25.9. The lowest BCUT2D eigenvalue weighted by molar-refractivity contribution is 0.0689. The molecule has 8 heteroatoms. The fourth-order valence-corrected chi connectivity index (χ4v) is 2.22. The van der Waals surface area contributed by atoms with Gasteiger partial charge in [-0.3, -0.25) is 0 Å². The summed E-state index contributed by atoms with van der Waals surface area (Å²) in [5.41, 5.74) is 0.546. The second-order valence-corrected chi connectivity index (χ2v) is 5.46. The molecular weight excluding hydrogens is 254 g/mol. The van der Waals surface area contributed by atoms with Crippen LogP contribution in [0.4, 0.5) is 0 Å². The molecule has 96 valence electrons. The average molecular weight is 267 g/mol. The molecule has 2 rings (SSSR count). The minimum Gasteiger partial charge on any atom is -0.476 e. The summed E-state index contributed by atoms with van der Waals surface area (Å²) < 4.78 is 1.47. The van der Waals surface area contributed by atoms with Gasteiger partial charge in [-0.1, -0.05) is 30.4 Å². The molecule has 0 radical (unpaired) electrons. The Kier molecular flexibility index (Phi) is 3.37. The van der Waals surface area contributed by atoms with Crippen LogP contribution in [0.3, 0.4) is 0 Å². The van der Waals surface area contributed by atoms with Gasteiger partial charge in [0.05, 0.1) is 5.69 Å². The average Bonchev–Trinajstić information content (AvgIpc) is 2.83. The summed E-state index contributed by atoms with van der Waals surface area (Å²) in [5.74, 6) is -0.771. The Hall–Kier alpha value is -1.83. The van der Waals surface area contributed by atoms with E-state index < -0.39 is 5.97 Å². The monoisotopic (exact) mass is 267 g/mol. The lowest BCUT2D eigenvalue weighted by Gasteiger charge is -2.05. The number of aromatic carboxylic acids is 1. The van der Waals surface area contributed by atoms with E-state index in [0.717, 1.165) is 5.01 Å². The fourth-order valence-electron chi connectivity index (χ4n) is 1.56. The smallest absolute Gasteiger partial charge is 0.358 e. The summed E-state index contributed by atoms with van der Waals surface area (Å²) >= 11 is 1.35. The normalized spacial score (nSPS) is 11.1. The molecule has 0 aliphatic carbocycles. The van der Waals surface area contributed by atoms with E-state index in [1.165, 1.54) is 16.0 Å². The quantitative estimate of drug-likeness (QED) is 0.898. The van der Waals surface area contributed by atoms with Gasteiger partial charge < -0.3 is 5.11 Å². The molecule has 0 spiro atoms. The maximum Gasteiger partial charge on any atom is 0.358 e. The first kappa shape index (κ1) is 12.6. The van der Waals surface area contributed by atoms with Crippen molar-refractivity contribution < 1.29 is 9.90 Å². The molecule has 2 aromatic heterocycles. The van der Waals surface area contributed by atoms with Crippen LogP contribution in [0.25, 0.3) is 5.13 Å². The third kappa shape index (κ3) is 2.37. The molecule has 0 fully saturated rings. The lowest BCUT2D eigenvalue weighted by atomic mass is 10.1. The first-order chi connectivity index (χ1) is 8.49. The molecule has 0 unspecified atom stereocenters. The van der Waals surface area contributed by atoms with Crippen LogP contribution in [0.1, 0.15) is 35.0 Å². The minimum atomic E-state index is -1.07. The Labute approximate surface area is 107 Å². The van der Waals surface area contributed by atoms with Crippen LogP contribution < -0.4 is 0 Å². The van der Waals surface area contributed by atoms with E-state index >= 15 is 0 Å². The summed E-state index contributed by atoms with van der Waals surface area (Å²) in [6.45, 7) is 5.85. The fraction of sp³-hybridized carbons (Fsp3) is 0.500. The zero-order chi connectivity index (χ0) is 13.3. The zero-order valence-corrected chi connectivity index (χ0v) is 11.1. The third-order valence-corrected chi connectivity index (χ3v) is 3.08. The van der Waals surface area contributed by atoms with Gasteiger partial charge in [0.15, 0.2) is 5.69 Å². The Morgan fingerprint density at radius 3 is 2.61 bits per heavy atom. The predicted octanol–water partition coefficient (Wildman–Crippen LogP) is 1.32. The molecule has 1 N–H and O–H groups in total. The topological polar surface area (TPSA) is 93.8 Å². The maximum atomic E-state index is 11.1. The first-order valence-corrected chi connectivity index (χ1v) is 6.29. The number of nitrogens with zero attached hydrogens (tertiary/aromatic N) is 5. The number of carboxylic acid groups (broad SMARTS) is 1. The second-order valence-electron chi connectivity index (χ2n) is 4.30. The van der Waals surface area contributed by atoms with E-state index in [0.29, 0.717) is 23.2 Å². The largest absolute Gasteiger partial charge is 0.476 e. The van der Waals surface area contributed by atoms with E-state index in [1.807, 2.05) is 20.8 Å². The minimum absolute atomic E-state index is 0.0171. The zero-order valence-electron chi connectivity index (χ0n) is 10.3. The van der Waals surface area contributed by atoms with Crippen molar-refractivity contribution in [1.29, 1.82) is 0 Å². The molecule has 0 aliphatic heterocycles. The van der Waals surface area contributed by atoms with Crippen LogP contribution >= 0.6 is 11.3 Å². The summed E-state index contributed by atoms with van der Waals surface area (Å²) in [6.07, 6.45) is 0.577. The van der Waals surface area contributed by atoms with Crippen molar-refractivity contribution in [3.8, 4) is 5.13 Å². The maximum absolute atomic E-state index is 11.1. The van der Waals surface area contributed by atoms with Crippen LogP contribution in [0, 0.1) is 12.8 Å². The van der Waals surface area contributed by atoms with Gasteiger partial charge in [0.25, 0.3) is 0 Å². The number of rotatable bonds is 4. The Morgan fingerprint density at radius 2 is 2.11 bits per heavy atom. The van der Waals surface area contributed by atoms with Gasteiger partial charge in [0.2, 0.25) is 5.13 Å². The van der Waals surface area contributed by atoms with E-state index in [-0.39, 0.29) is 5.69 Å². The number of aryl methyl sites for hydroxylation is 1. The van der Waals surface area contributed by atoms with Gasteiger partial charge in [0.1, 0.15) is 5.01 Å². The SMILES string of the molecule is Cc1nnc(-n2nnc(C(=O)O)c2CC(C)C)s1. The Bertz CT molecular complexity index is 575. The third-order valence-electron chi connectivity index (χ3n) is 2.26. The highest BCUT2D eigenvalue weighted by Gasteiger charge is 2.22. The lowest BCUT2D eigenvalue weighted by Crippen LogP contribution is -2.09. The standard InChI is InChI=1S/C10H13N5O2S/c1-5(2)4-7-8(9(16)17)12-14-15(7)10-13-11-6(3)18-10/h5H,4H2,1-3H3,(H,16,17). The summed E-state index contributed by atoms with van der Waals surface area (Å²) in [6, 6.07) is 0. The highest BCUT2D eigenvalue weighted by atomic mass is 32.1. The van der Waals surface area contributed by atoms with Crippen LogP contribution in [0.2, 0.25) is 0 Å². The molecular formula is C10H13N5O2S. The molecule has 0 saturated carbocycles. The first-order valence-electron chi connectivity index (χ1n) is 5.47. The van der Waals surface area contributed by atoms with Crippen molar-refractivity contribution >= 4 is 17.3 Å². The number of aromatic nitrogens is 5. The van der Waals surface area contributed by atoms with E-state index in [2.05, 4.69) is 20.5 Å². The molecule has 0 amide bonds. The predicted molar refractivity (Wildman–Crippen MR) is 65.1 cm³/mol. The number of carboxylic acids is 1. The van der Waals surface area contributed by atoms with Crippen molar-refractivity contribution in [1.82, 2.24) is 25.2 Å². The molecule has 0 aliphatic rings. The molecule has 18 heavy (non-hydrogen) atoms. The van der Waals surface area contributed by atoms with Crippen molar-refractivity contribution in [2.75, 3.05) is 0 Å². The molecule has 2 heterocycles. The van der Waals surface area contributed by atoms with Crippen molar-refractivity contribution in [2.24, 2.45) is 5.92 Å². The number of hydrogen-bond donors (Lipinski definition) is 1. The van der Waals surface area contributed by atoms with Crippen molar-refractivity contribution in [3.63, 3.8) is 0 Å². The molecule has 0 atom stereocenters. The number of carbonyl (C=O) groups is 1. The van der Waals surface area contributed by atoms with E-state index in [1.54, 1.807) is 0 Å². The highest BCUT2D eigenvalue weighted by Crippen LogP contribution is 2.19. The summed E-state index contributed by atoms with van der Waals surface area (Å²) in [7, 11) is 0. The molecule has 2 aromatic rings. The molecule has 7 nitrogen and oxygen atoms in total. The second kappa shape index (κ2) is 4.81. The van der Waals surface area contributed by atoms with Crippen LogP contribution in [-0.4, -0.2) is 36.3 Å². The van der Waals surface area contributed by atoms with Gasteiger partial charge in [-0.2, -0.15) is 4.68 Å². The Balaban J connectivity index is 2.50. The van der Waals surface area contributed by atoms with Gasteiger partial charge in [-0.15, -0.1) is 15.3 Å². The summed E-state index contributed by atoms with van der Waals surface area (Å²) in [4.78, 5) is 11.1. The van der Waals surface area contributed by atoms with Crippen molar-refractivity contribution in [2.45, 2.75) is 27.2 Å². The van der Waals surface area contributed by atoms with Gasteiger partial charge in [-0.25, -0.2) is 4.79 Å². The Morgan fingerprint density at radius 1 is 1.39 bits per heavy atom. The van der Waals surface area contributed by atoms with Gasteiger partial charge in [0, 0.05) is 0 Å². The van der Waals surface area contributed by atoms with Gasteiger partial charge in [-0.05, 0) is 19.3 Å². The van der Waals surface area contributed by atoms with Gasteiger partial charge >= 0.3 is 5.97 Å². The van der Waals surface area contributed by atoms with Crippen LogP contribution in [0.5, 0.6) is 0 Å². The highest BCUT2D eigenvalue weighted by molar-refractivity contribution is 7.13. The number of hydrogen-bond acceptors (Lipinski definition) is 6. The van der Waals surface area contributed by atoms with Crippen LogP contribution in [-0.2, 0) is 6.42 Å². The molecule has 0 bridgehead atoms. The van der Waals surface area contributed by atoms with E-state index in [9.17, 15) is 4.79 Å².